The standard InChI is InChI=1S/C17H29NO/c1-5-11-18-17(13-19-12-10-14(2)3)16-8-6-15(4)7-9-16/h6-9,14,17-18H,5,10-13H2,1-4H3. The van der Waals surface area contributed by atoms with Crippen molar-refractivity contribution in [3.05, 3.63) is 35.4 Å². The number of hydrogen-bond acceptors (Lipinski definition) is 2. The zero-order valence-electron chi connectivity index (χ0n) is 12.9. The number of rotatable bonds is 9. The van der Waals surface area contributed by atoms with Gasteiger partial charge in [0.25, 0.3) is 0 Å². The Bertz CT molecular complexity index is 332. The van der Waals surface area contributed by atoms with Crippen LogP contribution in [0.4, 0.5) is 0 Å². The Morgan fingerprint density at radius 1 is 1.16 bits per heavy atom. The van der Waals surface area contributed by atoms with Crippen molar-refractivity contribution < 1.29 is 4.74 Å². The van der Waals surface area contributed by atoms with E-state index in [2.05, 4.69) is 57.3 Å². The van der Waals surface area contributed by atoms with Crippen LogP contribution in [0.1, 0.15) is 50.8 Å². The minimum absolute atomic E-state index is 0.313. The van der Waals surface area contributed by atoms with Crippen LogP contribution in [0.2, 0.25) is 0 Å². The van der Waals surface area contributed by atoms with Crippen LogP contribution in [0.3, 0.4) is 0 Å². The highest BCUT2D eigenvalue weighted by atomic mass is 16.5. The van der Waals surface area contributed by atoms with Gasteiger partial charge >= 0.3 is 0 Å². The Kier molecular flexibility index (Phi) is 7.76. The molecule has 0 fully saturated rings. The number of benzene rings is 1. The molecule has 2 heteroatoms. The van der Waals surface area contributed by atoms with Gasteiger partial charge in [0.1, 0.15) is 0 Å². The summed E-state index contributed by atoms with van der Waals surface area (Å²) in [4.78, 5) is 0. The number of hydrogen-bond donors (Lipinski definition) is 1. The first-order valence-corrected chi connectivity index (χ1v) is 7.51. The molecule has 1 rings (SSSR count). The van der Waals surface area contributed by atoms with E-state index in [4.69, 9.17) is 4.74 Å². The zero-order chi connectivity index (χ0) is 14.1. The van der Waals surface area contributed by atoms with Crippen molar-refractivity contribution in [3.63, 3.8) is 0 Å². The van der Waals surface area contributed by atoms with Crippen LogP contribution >= 0.6 is 0 Å². The molecular weight excluding hydrogens is 234 g/mol. The van der Waals surface area contributed by atoms with Gasteiger partial charge in [0.05, 0.1) is 12.6 Å². The summed E-state index contributed by atoms with van der Waals surface area (Å²) in [6, 6.07) is 9.06. The van der Waals surface area contributed by atoms with Crippen LogP contribution in [-0.2, 0) is 4.74 Å². The van der Waals surface area contributed by atoms with Crippen LogP contribution in [0.5, 0.6) is 0 Å². The predicted octanol–water partition coefficient (Wildman–Crippen LogP) is 4.10. The molecule has 0 aliphatic heterocycles. The smallest absolute Gasteiger partial charge is 0.0661 e. The van der Waals surface area contributed by atoms with Crippen molar-refractivity contribution in [2.75, 3.05) is 19.8 Å². The summed E-state index contributed by atoms with van der Waals surface area (Å²) in [7, 11) is 0. The van der Waals surface area contributed by atoms with E-state index in [1.165, 1.54) is 11.1 Å². The van der Waals surface area contributed by atoms with Gasteiger partial charge in [0, 0.05) is 6.61 Å². The summed E-state index contributed by atoms with van der Waals surface area (Å²) >= 11 is 0. The second-order valence-corrected chi connectivity index (χ2v) is 5.67. The molecule has 19 heavy (non-hydrogen) atoms. The van der Waals surface area contributed by atoms with Gasteiger partial charge in [-0.15, -0.1) is 0 Å². The molecule has 2 nitrogen and oxygen atoms in total. The Balaban J connectivity index is 2.48. The van der Waals surface area contributed by atoms with Gasteiger partial charge in [-0.3, -0.25) is 0 Å². The molecule has 1 atom stereocenters. The van der Waals surface area contributed by atoms with Crippen LogP contribution in [0.25, 0.3) is 0 Å². The van der Waals surface area contributed by atoms with E-state index in [0.29, 0.717) is 12.0 Å². The highest BCUT2D eigenvalue weighted by Gasteiger charge is 2.10. The van der Waals surface area contributed by atoms with E-state index in [1.807, 2.05) is 0 Å². The Hall–Kier alpha value is -0.860. The highest BCUT2D eigenvalue weighted by Crippen LogP contribution is 2.15. The van der Waals surface area contributed by atoms with Gasteiger partial charge in [-0.25, -0.2) is 0 Å². The lowest BCUT2D eigenvalue weighted by Gasteiger charge is -2.19. The first kappa shape index (κ1) is 16.2. The van der Waals surface area contributed by atoms with Gasteiger partial charge in [-0.1, -0.05) is 50.6 Å². The molecule has 1 aromatic rings. The summed E-state index contributed by atoms with van der Waals surface area (Å²) in [5.74, 6) is 0.710. The van der Waals surface area contributed by atoms with Gasteiger partial charge in [0.15, 0.2) is 0 Å². The summed E-state index contributed by atoms with van der Waals surface area (Å²) < 4.78 is 5.83. The lowest BCUT2D eigenvalue weighted by Crippen LogP contribution is -2.26. The molecule has 0 spiro atoms. The lowest BCUT2D eigenvalue weighted by molar-refractivity contribution is 0.102. The minimum atomic E-state index is 0.313. The molecule has 0 heterocycles. The summed E-state index contributed by atoms with van der Waals surface area (Å²) in [6.07, 6.45) is 2.28. The molecule has 0 aliphatic carbocycles. The SMILES string of the molecule is CCCNC(COCCC(C)C)c1ccc(C)cc1. The summed E-state index contributed by atoms with van der Waals surface area (Å²) in [6.45, 7) is 11.4. The van der Waals surface area contributed by atoms with E-state index < -0.39 is 0 Å². The third-order valence-electron chi connectivity index (χ3n) is 3.24. The second-order valence-electron chi connectivity index (χ2n) is 5.67. The van der Waals surface area contributed by atoms with Crippen LogP contribution in [0.15, 0.2) is 24.3 Å². The zero-order valence-corrected chi connectivity index (χ0v) is 12.9. The van der Waals surface area contributed by atoms with Crippen molar-refractivity contribution in [1.82, 2.24) is 5.32 Å². The van der Waals surface area contributed by atoms with Crippen LogP contribution < -0.4 is 5.32 Å². The number of nitrogens with one attached hydrogen (secondary N) is 1. The maximum absolute atomic E-state index is 5.83. The van der Waals surface area contributed by atoms with Gasteiger partial charge in [-0.05, 0) is 37.8 Å². The van der Waals surface area contributed by atoms with E-state index in [0.717, 1.165) is 32.6 Å². The van der Waals surface area contributed by atoms with Gasteiger partial charge in [0.2, 0.25) is 0 Å². The maximum atomic E-state index is 5.83. The second kappa shape index (κ2) is 9.11. The fraction of sp³-hybridized carbons (Fsp3) is 0.647. The Morgan fingerprint density at radius 2 is 1.84 bits per heavy atom. The quantitative estimate of drug-likeness (QED) is 0.677. The molecule has 0 aromatic heterocycles. The third kappa shape index (κ3) is 6.74. The lowest BCUT2D eigenvalue weighted by atomic mass is 10.1. The van der Waals surface area contributed by atoms with Crippen molar-refractivity contribution in [2.24, 2.45) is 5.92 Å². The largest absolute Gasteiger partial charge is 0.379 e. The molecule has 0 bridgehead atoms. The van der Waals surface area contributed by atoms with E-state index in [-0.39, 0.29) is 0 Å². The van der Waals surface area contributed by atoms with E-state index in [1.54, 1.807) is 0 Å². The average Bonchev–Trinajstić information content (AvgIpc) is 2.39. The van der Waals surface area contributed by atoms with E-state index in [9.17, 15) is 0 Å². The molecule has 1 unspecified atom stereocenters. The summed E-state index contributed by atoms with van der Waals surface area (Å²) in [5, 5.41) is 3.57. The van der Waals surface area contributed by atoms with Crippen LogP contribution in [-0.4, -0.2) is 19.8 Å². The topological polar surface area (TPSA) is 21.3 Å². The molecule has 1 aromatic carbocycles. The molecule has 1 N–H and O–H groups in total. The maximum Gasteiger partial charge on any atom is 0.0661 e. The summed E-state index contributed by atoms with van der Waals surface area (Å²) in [5.41, 5.74) is 2.63. The van der Waals surface area contributed by atoms with Crippen molar-refractivity contribution >= 4 is 0 Å². The van der Waals surface area contributed by atoms with Crippen molar-refractivity contribution in [3.8, 4) is 0 Å². The van der Waals surface area contributed by atoms with Gasteiger partial charge < -0.3 is 10.1 Å². The molecule has 0 amide bonds. The predicted molar refractivity (Wildman–Crippen MR) is 82.5 cm³/mol. The average molecular weight is 263 g/mol. The number of ether oxygens (including phenoxy) is 1. The highest BCUT2D eigenvalue weighted by molar-refractivity contribution is 5.24. The third-order valence-corrected chi connectivity index (χ3v) is 3.24. The Labute approximate surface area is 118 Å². The van der Waals surface area contributed by atoms with E-state index >= 15 is 0 Å². The first-order valence-electron chi connectivity index (χ1n) is 7.51. The minimum Gasteiger partial charge on any atom is -0.379 e. The normalized spacial score (nSPS) is 12.9. The molecule has 0 aliphatic rings. The fourth-order valence-electron chi connectivity index (χ4n) is 1.91. The molecule has 0 saturated heterocycles. The molecular formula is C17H29NO. The monoisotopic (exact) mass is 263 g/mol. The van der Waals surface area contributed by atoms with Crippen LogP contribution in [0, 0.1) is 12.8 Å². The molecule has 0 radical (unpaired) electrons. The number of aryl methyl sites for hydroxylation is 1. The first-order chi connectivity index (χ1) is 9.13. The van der Waals surface area contributed by atoms with Crippen molar-refractivity contribution in [2.45, 2.75) is 46.6 Å². The van der Waals surface area contributed by atoms with Gasteiger partial charge in [-0.2, -0.15) is 0 Å². The molecule has 0 saturated carbocycles. The Morgan fingerprint density at radius 3 is 2.42 bits per heavy atom. The molecule has 108 valence electrons. The fourth-order valence-corrected chi connectivity index (χ4v) is 1.91. The van der Waals surface area contributed by atoms with Crippen molar-refractivity contribution in [1.29, 1.82) is 0 Å².